The molecule has 0 spiro atoms. The van der Waals surface area contributed by atoms with Gasteiger partial charge in [0, 0.05) is 58.8 Å². The van der Waals surface area contributed by atoms with Crippen LogP contribution in [0.25, 0.3) is 0 Å². The zero-order valence-corrected chi connectivity index (χ0v) is 18.4. The molecule has 0 aliphatic carbocycles. The molecule has 1 aromatic rings. The van der Waals surface area contributed by atoms with Gasteiger partial charge in [-0.1, -0.05) is 12.1 Å². The van der Waals surface area contributed by atoms with Gasteiger partial charge in [-0.25, -0.2) is 4.39 Å². The van der Waals surface area contributed by atoms with E-state index >= 15 is 0 Å². The Kier molecular flexibility index (Phi) is 10.3. The van der Waals surface area contributed by atoms with E-state index in [2.05, 4.69) is 4.90 Å². The Morgan fingerprint density at radius 3 is 2.21 bits per heavy atom. The molecule has 2 aliphatic rings. The molecule has 2 heterocycles. The number of nitrogens with zero attached hydrogens (tertiary/aromatic N) is 3. The molecule has 29 heavy (non-hydrogen) atoms. The van der Waals surface area contributed by atoms with Crippen LogP contribution in [0.5, 0.6) is 0 Å². The zero-order chi connectivity index (χ0) is 19.4. The van der Waals surface area contributed by atoms with Gasteiger partial charge in [-0.3, -0.25) is 14.5 Å². The van der Waals surface area contributed by atoms with Crippen LogP contribution in [0.1, 0.15) is 25.3 Å². The molecule has 2 atom stereocenters. The minimum absolute atomic E-state index is 0. The number of benzene rings is 1. The van der Waals surface area contributed by atoms with Crippen molar-refractivity contribution in [2.75, 3.05) is 39.3 Å². The van der Waals surface area contributed by atoms with Crippen molar-refractivity contribution in [1.82, 2.24) is 14.7 Å². The summed E-state index contributed by atoms with van der Waals surface area (Å²) >= 11 is 0. The van der Waals surface area contributed by atoms with Gasteiger partial charge in [-0.05, 0) is 30.5 Å². The molecular formula is C20H31Cl2FN4O2. The molecule has 2 N–H and O–H groups in total. The third-order valence-corrected chi connectivity index (χ3v) is 5.58. The molecule has 6 nitrogen and oxygen atoms in total. The van der Waals surface area contributed by atoms with Crippen LogP contribution in [-0.4, -0.2) is 71.8 Å². The topological polar surface area (TPSA) is 69.9 Å². The highest BCUT2D eigenvalue weighted by atomic mass is 35.5. The first-order valence-corrected chi connectivity index (χ1v) is 9.69. The SMILES string of the molecule is CC(=O)N1C[C@@H](N)CC[C@@H](C(=O)N2CCN(Cc3ccc(F)cc3)CC2)C1.Cl.Cl. The van der Waals surface area contributed by atoms with E-state index in [-0.39, 0.29) is 54.4 Å². The Labute approximate surface area is 184 Å². The lowest BCUT2D eigenvalue weighted by Crippen LogP contribution is -2.51. The number of piperazine rings is 1. The largest absolute Gasteiger partial charge is 0.341 e. The van der Waals surface area contributed by atoms with Crippen molar-refractivity contribution in [3.63, 3.8) is 0 Å². The smallest absolute Gasteiger partial charge is 0.227 e. The number of hydrogen-bond donors (Lipinski definition) is 1. The predicted molar refractivity (Wildman–Crippen MR) is 116 cm³/mol. The van der Waals surface area contributed by atoms with Crippen molar-refractivity contribution in [3.8, 4) is 0 Å². The van der Waals surface area contributed by atoms with Crippen LogP contribution in [0.15, 0.2) is 24.3 Å². The van der Waals surface area contributed by atoms with E-state index in [1.165, 1.54) is 19.1 Å². The number of carbonyl (C=O) groups is 2. The van der Waals surface area contributed by atoms with Gasteiger partial charge in [0.05, 0.1) is 5.92 Å². The first-order valence-electron chi connectivity index (χ1n) is 9.69. The minimum Gasteiger partial charge on any atom is -0.341 e. The van der Waals surface area contributed by atoms with E-state index in [0.717, 1.165) is 38.0 Å². The van der Waals surface area contributed by atoms with Crippen molar-refractivity contribution in [2.24, 2.45) is 11.7 Å². The maximum atomic E-state index is 13.0. The van der Waals surface area contributed by atoms with Crippen molar-refractivity contribution >= 4 is 36.6 Å². The molecule has 0 bridgehead atoms. The Balaban J connectivity index is 0.00000210. The van der Waals surface area contributed by atoms with Crippen LogP contribution in [0, 0.1) is 11.7 Å². The van der Waals surface area contributed by atoms with Crippen LogP contribution in [-0.2, 0) is 16.1 Å². The summed E-state index contributed by atoms with van der Waals surface area (Å²) in [5.74, 6) is -0.269. The third-order valence-electron chi connectivity index (χ3n) is 5.58. The van der Waals surface area contributed by atoms with Crippen molar-refractivity contribution in [2.45, 2.75) is 32.4 Å². The van der Waals surface area contributed by atoms with Gasteiger partial charge in [0.1, 0.15) is 5.82 Å². The summed E-state index contributed by atoms with van der Waals surface area (Å²) in [5.41, 5.74) is 7.13. The van der Waals surface area contributed by atoms with E-state index < -0.39 is 0 Å². The van der Waals surface area contributed by atoms with Crippen LogP contribution >= 0.6 is 24.8 Å². The molecule has 9 heteroatoms. The van der Waals surface area contributed by atoms with E-state index in [0.29, 0.717) is 26.2 Å². The Bertz CT molecular complexity index is 669. The molecule has 2 saturated heterocycles. The third kappa shape index (κ3) is 7.10. The first kappa shape index (κ1) is 25.6. The van der Waals surface area contributed by atoms with Gasteiger partial charge < -0.3 is 15.5 Å². The lowest BCUT2D eigenvalue weighted by molar-refractivity contribution is -0.139. The van der Waals surface area contributed by atoms with Crippen molar-refractivity contribution < 1.29 is 14.0 Å². The van der Waals surface area contributed by atoms with E-state index in [9.17, 15) is 14.0 Å². The van der Waals surface area contributed by atoms with Gasteiger partial charge in [0.15, 0.2) is 0 Å². The molecule has 0 saturated carbocycles. The monoisotopic (exact) mass is 448 g/mol. The van der Waals surface area contributed by atoms with Crippen LogP contribution in [0.2, 0.25) is 0 Å². The summed E-state index contributed by atoms with van der Waals surface area (Å²) in [4.78, 5) is 30.7. The minimum atomic E-state index is -0.225. The summed E-state index contributed by atoms with van der Waals surface area (Å²) in [6.07, 6.45) is 1.50. The lowest BCUT2D eigenvalue weighted by atomic mass is 10.00. The molecule has 0 radical (unpaired) electrons. The molecule has 2 amide bonds. The van der Waals surface area contributed by atoms with E-state index in [4.69, 9.17) is 5.73 Å². The fraction of sp³-hybridized carbons (Fsp3) is 0.600. The molecule has 1 aromatic carbocycles. The molecule has 0 aromatic heterocycles. The number of halogens is 3. The van der Waals surface area contributed by atoms with Crippen molar-refractivity contribution in [1.29, 1.82) is 0 Å². The highest BCUT2D eigenvalue weighted by Gasteiger charge is 2.32. The number of carbonyl (C=O) groups excluding carboxylic acids is 2. The summed E-state index contributed by atoms with van der Waals surface area (Å²) < 4.78 is 13.0. The number of likely N-dealkylation sites (tertiary alicyclic amines) is 1. The fourth-order valence-corrected chi connectivity index (χ4v) is 3.91. The highest BCUT2D eigenvalue weighted by molar-refractivity contribution is 5.85. The van der Waals surface area contributed by atoms with E-state index in [1.54, 1.807) is 17.0 Å². The second-order valence-corrected chi connectivity index (χ2v) is 7.69. The lowest BCUT2D eigenvalue weighted by Gasteiger charge is -2.37. The number of nitrogens with two attached hydrogens (primary N) is 1. The quantitative estimate of drug-likeness (QED) is 0.766. The number of amides is 2. The average Bonchev–Trinajstić information content (AvgIpc) is 2.86. The first-order chi connectivity index (χ1) is 12.9. The van der Waals surface area contributed by atoms with E-state index in [1.807, 2.05) is 4.90 Å². The Morgan fingerprint density at radius 1 is 1.00 bits per heavy atom. The van der Waals surface area contributed by atoms with Crippen molar-refractivity contribution in [3.05, 3.63) is 35.6 Å². The molecule has 164 valence electrons. The Morgan fingerprint density at radius 2 is 1.62 bits per heavy atom. The summed E-state index contributed by atoms with van der Waals surface area (Å²) in [7, 11) is 0. The molecule has 2 fully saturated rings. The molecular weight excluding hydrogens is 418 g/mol. The summed E-state index contributed by atoms with van der Waals surface area (Å²) in [6.45, 7) is 6.26. The average molecular weight is 449 g/mol. The molecule has 3 rings (SSSR count). The normalized spacial score (nSPS) is 22.9. The summed E-state index contributed by atoms with van der Waals surface area (Å²) in [5, 5.41) is 0. The standard InChI is InChI=1S/C20H29FN4O2.2ClH/c1-15(26)25-13-17(4-7-19(22)14-25)20(27)24-10-8-23(9-11-24)12-16-2-5-18(21)6-3-16;;/h2-3,5-6,17,19H,4,7-14,22H2,1H3;2*1H/t17-,19+;;/m1../s1. The number of rotatable bonds is 3. The highest BCUT2D eigenvalue weighted by Crippen LogP contribution is 2.20. The summed E-state index contributed by atoms with van der Waals surface area (Å²) in [6, 6.07) is 6.51. The second kappa shape index (κ2) is 11.7. The zero-order valence-electron chi connectivity index (χ0n) is 16.8. The van der Waals surface area contributed by atoms with Gasteiger partial charge in [-0.2, -0.15) is 0 Å². The fourth-order valence-electron chi connectivity index (χ4n) is 3.91. The molecule has 2 aliphatic heterocycles. The van der Waals surface area contributed by atoms with Crippen LogP contribution < -0.4 is 5.73 Å². The Hall–Kier alpha value is -1.41. The number of hydrogen-bond acceptors (Lipinski definition) is 4. The predicted octanol–water partition coefficient (Wildman–Crippen LogP) is 1.90. The maximum Gasteiger partial charge on any atom is 0.227 e. The van der Waals surface area contributed by atoms with Crippen LogP contribution in [0.4, 0.5) is 4.39 Å². The second-order valence-electron chi connectivity index (χ2n) is 7.69. The van der Waals surface area contributed by atoms with Gasteiger partial charge in [-0.15, -0.1) is 24.8 Å². The molecule has 0 unspecified atom stereocenters. The van der Waals surface area contributed by atoms with Crippen LogP contribution in [0.3, 0.4) is 0 Å². The maximum absolute atomic E-state index is 13.0. The van der Waals surface area contributed by atoms with Gasteiger partial charge in [0.25, 0.3) is 0 Å². The van der Waals surface area contributed by atoms with Gasteiger partial charge >= 0.3 is 0 Å². The van der Waals surface area contributed by atoms with Gasteiger partial charge in [0.2, 0.25) is 11.8 Å².